The average Bonchev–Trinajstić information content (AvgIpc) is 3.25. The summed E-state index contributed by atoms with van der Waals surface area (Å²) in [4.78, 5) is 28.5. The summed E-state index contributed by atoms with van der Waals surface area (Å²) < 4.78 is 1.97. The first-order valence-electron chi connectivity index (χ1n) is 11.5. The van der Waals surface area contributed by atoms with Gasteiger partial charge < -0.3 is 16.0 Å². The van der Waals surface area contributed by atoms with Crippen LogP contribution in [0.3, 0.4) is 0 Å². The lowest BCUT2D eigenvalue weighted by molar-refractivity contribution is -0.125. The fourth-order valence-electron chi connectivity index (χ4n) is 4.72. The third-order valence-electron chi connectivity index (χ3n) is 6.53. The second-order valence-corrected chi connectivity index (χ2v) is 9.40. The molecule has 4 aromatic rings. The fourth-order valence-corrected chi connectivity index (χ4v) is 5.06. The van der Waals surface area contributed by atoms with E-state index in [9.17, 15) is 4.79 Å². The van der Waals surface area contributed by atoms with E-state index in [0.29, 0.717) is 65.3 Å². The second kappa shape index (κ2) is 10.6. The number of anilines is 1. The van der Waals surface area contributed by atoms with Gasteiger partial charge in [0.15, 0.2) is 17.0 Å². The Morgan fingerprint density at radius 1 is 1.11 bits per heavy atom. The molecule has 0 spiro atoms. The number of hydrogen-bond donors (Lipinski definition) is 2. The zero-order valence-corrected chi connectivity index (χ0v) is 21.9. The van der Waals surface area contributed by atoms with Crippen LogP contribution in [0.1, 0.15) is 19.8 Å². The molecule has 1 fully saturated rings. The van der Waals surface area contributed by atoms with Gasteiger partial charge in [-0.15, -0.1) is 12.4 Å². The molecule has 11 heteroatoms. The minimum atomic E-state index is -0.706. The molecule has 5 rings (SSSR count). The summed E-state index contributed by atoms with van der Waals surface area (Å²) in [5, 5.41) is 4.52. The number of nitrogens with zero attached hydrogens (tertiary/aromatic N) is 5. The smallest absolute Gasteiger partial charge is 0.237 e. The summed E-state index contributed by atoms with van der Waals surface area (Å²) in [5.74, 6) is 1.05. The number of nitrogens with one attached hydrogen (secondary N) is 1. The van der Waals surface area contributed by atoms with Crippen LogP contribution in [-0.2, 0) is 4.79 Å². The number of primary amides is 1. The molecule has 0 radical (unpaired) electrons. The predicted molar refractivity (Wildman–Crippen MR) is 146 cm³/mol. The molecule has 1 saturated heterocycles. The Morgan fingerprint density at radius 2 is 1.81 bits per heavy atom. The summed E-state index contributed by atoms with van der Waals surface area (Å²) in [5.41, 5.74) is 8.01. The van der Waals surface area contributed by atoms with Crippen molar-refractivity contribution in [3.05, 3.63) is 64.9 Å². The third-order valence-corrected chi connectivity index (χ3v) is 7.11. The van der Waals surface area contributed by atoms with Gasteiger partial charge in [0.1, 0.15) is 17.7 Å². The number of hydrogen-bond acceptors (Lipinski definition) is 6. The van der Waals surface area contributed by atoms with Crippen molar-refractivity contribution >= 4 is 58.5 Å². The van der Waals surface area contributed by atoms with E-state index in [2.05, 4.69) is 20.2 Å². The van der Waals surface area contributed by atoms with Crippen LogP contribution in [0.5, 0.6) is 0 Å². The molecule has 0 aliphatic carbocycles. The number of piperidine rings is 1. The van der Waals surface area contributed by atoms with Gasteiger partial charge in [-0.05, 0) is 55.8 Å². The van der Waals surface area contributed by atoms with E-state index in [-0.39, 0.29) is 18.3 Å². The maximum absolute atomic E-state index is 12.2. The molecule has 188 valence electrons. The maximum atomic E-state index is 12.2. The van der Waals surface area contributed by atoms with Crippen LogP contribution in [0.15, 0.2) is 54.9 Å². The SMILES string of the molecule is CCNC1(C(N)=O)CCN(c2ncnc3c2n[14c](-c2ccccc2Cl)n3-c2ccc(Cl)cc2)CC1.Cl. The quantitative estimate of drug-likeness (QED) is 0.364. The van der Waals surface area contributed by atoms with Crippen molar-refractivity contribution in [2.24, 2.45) is 5.73 Å². The number of carbonyl (C=O) groups is 1. The Balaban J connectivity index is 0.00000304. The fraction of sp³-hybridized carbons (Fsp3) is 0.280. The maximum Gasteiger partial charge on any atom is 0.237 e. The van der Waals surface area contributed by atoms with Crippen molar-refractivity contribution in [2.75, 3.05) is 24.5 Å². The number of rotatable bonds is 6. The predicted octanol–water partition coefficient (Wildman–Crippen LogP) is 4.64. The first-order chi connectivity index (χ1) is 16.9. The Kier molecular flexibility index (Phi) is 7.70. The molecule has 0 unspecified atom stereocenters. The number of halogens is 3. The highest BCUT2D eigenvalue weighted by atomic mass is 35.5. The number of likely N-dealkylation sites (N-methyl/N-ethyl adjacent to an activating group) is 1. The molecule has 0 bridgehead atoms. The summed E-state index contributed by atoms with van der Waals surface area (Å²) >= 11 is 12.7. The summed E-state index contributed by atoms with van der Waals surface area (Å²) in [7, 11) is 0. The lowest BCUT2D eigenvalue weighted by atomic mass is 9.86. The summed E-state index contributed by atoms with van der Waals surface area (Å²) in [6.45, 7) is 3.87. The Morgan fingerprint density at radius 3 is 2.44 bits per heavy atom. The molecule has 3 heterocycles. The molecule has 3 N–H and O–H groups in total. The largest absolute Gasteiger partial charge is 0.368 e. The highest BCUT2D eigenvalue weighted by molar-refractivity contribution is 6.33. The monoisotopic (exact) mass is 547 g/mol. The molecule has 1 aliphatic heterocycles. The molecule has 36 heavy (non-hydrogen) atoms. The summed E-state index contributed by atoms with van der Waals surface area (Å²) in [6.07, 6.45) is 2.70. The number of carbonyl (C=O) groups excluding carboxylic acids is 1. The van der Waals surface area contributed by atoms with Crippen LogP contribution in [0.2, 0.25) is 10.0 Å². The van der Waals surface area contributed by atoms with Crippen LogP contribution in [-0.4, -0.2) is 50.6 Å². The zero-order chi connectivity index (χ0) is 24.6. The van der Waals surface area contributed by atoms with E-state index in [1.54, 1.807) is 6.33 Å². The molecule has 1 amide bonds. The Labute approximate surface area is 225 Å². The van der Waals surface area contributed by atoms with Gasteiger partial charge in [0.2, 0.25) is 5.91 Å². The first-order valence-corrected chi connectivity index (χ1v) is 12.2. The first kappa shape index (κ1) is 26.2. The Bertz CT molecular complexity index is 1380. The van der Waals surface area contributed by atoms with Crippen molar-refractivity contribution in [3.8, 4) is 17.1 Å². The van der Waals surface area contributed by atoms with Gasteiger partial charge in [-0.2, -0.15) is 0 Å². The minimum absolute atomic E-state index is 0. The third kappa shape index (κ3) is 4.62. The van der Waals surface area contributed by atoms with Gasteiger partial charge in [-0.3, -0.25) is 9.36 Å². The van der Waals surface area contributed by atoms with E-state index in [1.165, 1.54) is 0 Å². The second-order valence-electron chi connectivity index (χ2n) is 8.56. The molecular formula is C25H26Cl3N7O. The molecule has 0 saturated carbocycles. The minimum Gasteiger partial charge on any atom is -0.368 e. The van der Waals surface area contributed by atoms with Crippen molar-refractivity contribution < 1.29 is 4.79 Å². The van der Waals surface area contributed by atoms with Gasteiger partial charge in [0.05, 0.1) is 5.02 Å². The van der Waals surface area contributed by atoms with Crippen molar-refractivity contribution in [3.63, 3.8) is 0 Å². The van der Waals surface area contributed by atoms with Gasteiger partial charge in [-0.1, -0.05) is 42.3 Å². The van der Waals surface area contributed by atoms with Gasteiger partial charge in [-0.25, -0.2) is 15.0 Å². The standard InChI is InChI=1S/C25H25Cl2N7O.ClH/c1-2-31-25(24(28)35)11-13-33(14-12-25)22-20-23(30-15-29-22)34(17-9-7-16(26)8-10-17)21(32-20)18-5-3-4-6-19(18)27;/h3-10,15,31H,2,11-14H2,1H3,(H2,28,35);1H/i21+2;. The van der Waals surface area contributed by atoms with Crippen LogP contribution in [0, 0.1) is 0 Å². The van der Waals surface area contributed by atoms with E-state index < -0.39 is 5.54 Å². The zero-order valence-electron chi connectivity index (χ0n) is 19.6. The highest BCUT2D eigenvalue weighted by Crippen LogP contribution is 2.36. The molecule has 0 atom stereocenters. The number of benzene rings is 2. The van der Waals surface area contributed by atoms with Crippen molar-refractivity contribution in [2.45, 2.75) is 25.3 Å². The van der Waals surface area contributed by atoms with Gasteiger partial charge >= 0.3 is 0 Å². The summed E-state index contributed by atoms with van der Waals surface area (Å²) in [6, 6.07) is 15.1. The van der Waals surface area contributed by atoms with E-state index in [4.69, 9.17) is 33.9 Å². The molecule has 2 aromatic heterocycles. The van der Waals surface area contributed by atoms with E-state index in [1.807, 2.05) is 60.0 Å². The normalized spacial score (nSPS) is 15.0. The number of amides is 1. The molecule has 2 aromatic carbocycles. The van der Waals surface area contributed by atoms with Crippen LogP contribution >= 0.6 is 35.6 Å². The van der Waals surface area contributed by atoms with Gasteiger partial charge in [0.25, 0.3) is 0 Å². The van der Waals surface area contributed by atoms with Crippen LogP contribution in [0.25, 0.3) is 28.2 Å². The molecule has 1 aliphatic rings. The number of fused-ring (bicyclic) bond motifs is 1. The van der Waals surface area contributed by atoms with Crippen LogP contribution in [0.4, 0.5) is 5.82 Å². The van der Waals surface area contributed by atoms with E-state index >= 15 is 0 Å². The topological polar surface area (TPSA) is 102 Å². The molecular weight excluding hydrogens is 523 g/mol. The number of imidazole rings is 1. The number of aromatic nitrogens is 4. The van der Waals surface area contributed by atoms with Crippen molar-refractivity contribution in [1.29, 1.82) is 0 Å². The highest BCUT2D eigenvalue weighted by Gasteiger charge is 2.40. The lowest BCUT2D eigenvalue weighted by Gasteiger charge is -2.40. The van der Waals surface area contributed by atoms with E-state index in [0.717, 1.165) is 11.3 Å². The Hall–Kier alpha value is -2.91. The average molecular weight is 549 g/mol. The van der Waals surface area contributed by atoms with Crippen molar-refractivity contribution in [1.82, 2.24) is 24.8 Å². The lowest BCUT2D eigenvalue weighted by Crippen LogP contribution is -2.61. The van der Waals surface area contributed by atoms with Gasteiger partial charge in [0, 0.05) is 29.4 Å². The molecule has 8 nitrogen and oxygen atoms in total. The number of nitrogens with two attached hydrogens (primary N) is 1. The van der Waals surface area contributed by atoms with Crippen LogP contribution < -0.4 is 16.0 Å².